The van der Waals surface area contributed by atoms with Crippen molar-refractivity contribution in [2.75, 3.05) is 0 Å². The largest absolute Gasteiger partial charge is 0.257 e. The van der Waals surface area contributed by atoms with Crippen molar-refractivity contribution in [2.24, 2.45) is 0 Å². The first kappa shape index (κ1) is 11.6. The Balaban J connectivity index is 2.86. The summed E-state index contributed by atoms with van der Waals surface area (Å²) in [5, 5.41) is 0.558. The molecule has 0 heterocycles. The van der Waals surface area contributed by atoms with Crippen molar-refractivity contribution < 1.29 is 8.42 Å². The van der Waals surface area contributed by atoms with Gasteiger partial charge in [-0.2, -0.15) is 0 Å². The summed E-state index contributed by atoms with van der Waals surface area (Å²) in [6, 6.07) is 6.89. The second-order valence-electron chi connectivity index (χ2n) is 2.78. The van der Waals surface area contributed by atoms with E-state index in [0.717, 1.165) is 5.56 Å². The van der Waals surface area contributed by atoms with Gasteiger partial charge in [0.15, 0.2) is 0 Å². The standard InChI is InChI=1S/C9H8Cl2O2S/c1-7(14(11,12)13)5-8-3-2-4-9(10)6-8/h2-4,6H,1,5H2. The second kappa shape index (κ2) is 4.34. The van der Waals surface area contributed by atoms with E-state index in [1.165, 1.54) is 0 Å². The Labute approximate surface area is 92.6 Å². The molecule has 0 aliphatic heterocycles. The van der Waals surface area contributed by atoms with Gasteiger partial charge in [-0.25, -0.2) is 8.42 Å². The van der Waals surface area contributed by atoms with Gasteiger partial charge in [0, 0.05) is 22.1 Å². The van der Waals surface area contributed by atoms with Crippen LogP contribution in [-0.4, -0.2) is 8.42 Å². The smallest absolute Gasteiger partial charge is 0.207 e. The molecule has 0 amide bonds. The van der Waals surface area contributed by atoms with Crippen LogP contribution in [0.4, 0.5) is 0 Å². The van der Waals surface area contributed by atoms with Crippen LogP contribution in [0.5, 0.6) is 0 Å². The third kappa shape index (κ3) is 3.33. The fraction of sp³-hybridized carbons (Fsp3) is 0.111. The maximum Gasteiger partial charge on any atom is 0.257 e. The maximum atomic E-state index is 10.9. The summed E-state index contributed by atoms with van der Waals surface area (Å²) in [6.07, 6.45) is 0.187. The SMILES string of the molecule is C=C(Cc1cccc(Cl)c1)S(=O)(=O)Cl. The molecule has 5 heteroatoms. The summed E-state index contributed by atoms with van der Waals surface area (Å²) in [4.78, 5) is -0.0265. The molecule has 1 aromatic rings. The Morgan fingerprint density at radius 2 is 2.07 bits per heavy atom. The first-order chi connectivity index (χ1) is 6.39. The van der Waals surface area contributed by atoms with Crippen molar-refractivity contribution in [3.8, 4) is 0 Å². The molecule has 0 N–H and O–H groups in total. The minimum Gasteiger partial charge on any atom is -0.207 e. The highest BCUT2D eigenvalue weighted by molar-refractivity contribution is 8.16. The maximum absolute atomic E-state index is 10.9. The third-order valence-electron chi connectivity index (χ3n) is 1.64. The van der Waals surface area contributed by atoms with E-state index in [2.05, 4.69) is 6.58 Å². The van der Waals surface area contributed by atoms with Gasteiger partial charge in [0.1, 0.15) is 0 Å². The zero-order valence-electron chi connectivity index (χ0n) is 7.20. The Morgan fingerprint density at radius 3 is 2.57 bits per heavy atom. The lowest BCUT2D eigenvalue weighted by molar-refractivity contribution is 0.614. The quantitative estimate of drug-likeness (QED) is 0.774. The van der Waals surface area contributed by atoms with E-state index in [9.17, 15) is 8.42 Å². The average Bonchev–Trinajstić information content (AvgIpc) is 2.02. The van der Waals surface area contributed by atoms with Gasteiger partial charge in [-0.1, -0.05) is 30.3 Å². The third-order valence-corrected chi connectivity index (χ3v) is 3.36. The van der Waals surface area contributed by atoms with Crippen LogP contribution in [-0.2, 0) is 15.5 Å². The molecule has 0 saturated heterocycles. The fourth-order valence-electron chi connectivity index (χ4n) is 0.961. The molecule has 0 aliphatic carbocycles. The molecule has 14 heavy (non-hydrogen) atoms. The van der Waals surface area contributed by atoms with Crippen LogP contribution in [0.15, 0.2) is 35.7 Å². The highest BCUT2D eigenvalue weighted by atomic mass is 35.7. The molecule has 1 rings (SSSR count). The number of allylic oxidation sites excluding steroid dienone is 1. The van der Waals surface area contributed by atoms with E-state index in [-0.39, 0.29) is 11.3 Å². The Bertz CT molecular complexity index is 452. The van der Waals surface area contributed by atoms with Crippen LogP contribution in [0, 0.1) is 0 Å². The van der Waals surface area contributed by atoms with Gasteiger partial charge in [-0.15, -0.1) is 0 Å². The van der Waals surface area contributed by atoms with E-state index in [1.807, 2.05) is 0 Å². The van der Waals surface area contributed by atoms with E-state index in [0.29, 0.717) is 5.02 Å². The molecule has 0 spiro atoms. The number of rotatable bonds is 3. The van der Waals surface area contributed by atoms with Crippen LogP contribution in [0.25, 0.3) is 0 Å². The monoisotopic (exact) mass is 250 g/mol. The topological polar surface area (TPSA) is 34.1 Å². The van der Waals surface area contributed by atoms with Crippen LogP contribution >= 0.6 is 22.3 Å². The van der Waals surface area contributed by atoms with E-state index in [4.69, 9.17) is 22.3 Å². The van der Waals surface area contributed by atoms with Crippen molar-refractivity contribution in [1.82, 2.24) is 0 Å². The Kier molecular flexibility index (Phi) is 3.59. The summed E-state index contributed by atoms with van der Waals surface area (Å²) in [7, 11) is 1.43. The van der Waals surface area contributed by atoms with Crippen molar-refractivity contribution in [1.29, 1.82) is 0 Å². The van der Waals surface area contributed by atoms with Gasteiger partial charge in [-0.3, -0.25) is 0 Å². The number of halogens is 2. The van der Waals surface area contributed by atoms with Crippen LogP contribution in [0.3, 0.4) is 0 Å². The number of hydrogen-bond acceptors (Lipinski definition) is 2. The van der Waals surface area contributed by atoms with Gasteiger partial charge in [-0.05, 0) is 17.7 Å². The van der Waals surface area contributed by atoms with Crippen LogP contribution < -0.4 is 0 Å². The first-order valence-corrected chi connectivity index (χ1v) is 6.45. The zero-order valence-corrected chi connectivity index (χ0v) is 9.53. The van der Waals surface area contributed by atoms with E-state index >= 15 is 0 Å². The van der Waals surface area contributed by atoms with Crippen molar-refractivity contribution in [2.45, 2.75) is 6.42 Å². The van der Waals surface area contributed by atoms with Gasteiger partial charge in [0.25, 0.3) is 9.05 Å². The Hall–Kier alpha value is -0.510. The molecule has 0 radical (unpaired) electrons. The van der Waals surface area contributed by atoms with E-state index < -0.39 is 9.05 Å². The summed E-state index contributed by atoms with van der Waals surface area (Å²) < 4.78 is 21.7. The molecule has 0 aromatic heterocycles. The Morgan fingerprint density at radius 1 is 1.43 bits per heavy atom. The van der Waals surface area contributed by atoms with Gasteiger partial charge >= 0.3 is 0 Å². The lowest BCUT2D eigenvalue weighted by atomic mass is 10.1. The normalized spacial score (nSPS) is 11.3. The molecule has 0 unspecified atom stereocenters. The van der Waals surface area contributed by atoms with Gasteiger partial charge in [0.2, 0.25) is 0 Å². The molecule has 76 valence electrons. The van der Waals surface area contributed by atoms with E-state index in [1.54, 1.807) is 24.3 Å². The highest BCUT2D eigenvalue weighted by Gasteiger charge is 2.11. The molecule has 1 aromatic carbocycles. The lowest BCUT2D eigenvalue weighted by Gasteiger charge is -2.02. The minimum atomic E-state index is -3.68. The molecular weight excluding hydrogens is 243 g/mol. The highest BCUT2D eigenvalue weighted by Crippen LogP contribution is 2.18. The summed E-state index contributed by atoms with van der Waals surface area (Å²) in [6.45, 7) is 3.39. The van der Waals surface area contributed by atoms with Crippen molar-refractivity contribution in [3.63, 3.8) is 0 Å². The molecule has 0 atom stereocenters. The zero-order chi connectivity index (χ0) is 10.8. The van der Waals surface area contributed by atoms with Gasteiger partial charge in [0.05, 0.1) is 4.91 Å². The second-order valence-corrected chi connectivity index (χ2v) is 5.89. The molecule has 0 aliphatic rings. The molecule has 0 fully saturated rings. The fourth-order valence-corrected chi connectivity index (χ4v) is 1.68. The van der Waals surface area contributed by atoms with Crippen molar-refractivity contribution in [3.05, 3.63) is 46.3 Å². The summed E-state index contributed by atoms with van der Waals surface area (Å²) >= 11 is 5.73. The molecule has 0 bridgehead atoms. The average molecular weight is 251 g/mol. The van der Waals surface area contributed by atoms with Gasteiger partial charge < -0.3 is 0 Å². The minimum absolute atomic E-state index is 0.0265. The van der Waals surface area contributed by atoms with Crippen molar-refractivity contribution >= 4 is 31.3 Å². The molecule has 2 nitrogen and oxygen atoms in total. The summed E-state index contributed by atoms with van der Waals surface area (Å²) in [5.41, 5.74) is 0.770. The summed E-state index contributed by atoms with van der Waals surface area (Å²) in [5.74, 6) is 0. The first-order valence-electron chi connectivity index (χ1n) is 3.76. The predicted molar refractivity (Wildman–Crippen MR) is 59.1 cm³/mol. The lowest BCUT2D eigenvalue weighted by Crippen LogP contribution is -1.97. The molecular formula is C9H8Cl2O2S. The van der Waals surface area contributed by atoms with Crippen LogP contribution in [0.1, 0.15) is 5.56 Å². The molecule has 0 saturated carbocycles. The number of benzene rings is 1. The number of hydrogen-bond donors (Lipinski definition) is 0. The van der Waals surface area contributed by atoms with Crippen LogP contribution in [0.2, 0.25) is 5.02 Å². The predicted octanol–water partition coefficient (Wildman–Crippen LogP) is 2.96.